The van der Waals surface area contributed by atoms with Crippen molar-refractivity contribution >= 4 is 27.9 Å². The van der Waals surface area contributed by atoms with Gasteiger partial charge in [0.1, 0.15) is 5.82 Å². The number of hydrogen-bond donors (Lipinski definition) is 1. The van der Waals surface area contributed by atoms with Crippen molar-refractivity contribution in [2.24, 2.45) is 0 Å². The summed E-state index contributed by atoms with van der Waals surface area (Å²) in [6, 6.07) is 6.21. The summed E-state index contributed by atoms with van der Waals surface area (Å²) in [5.41, 5.74) is 7.27. The van der Waals surface area contributed by atoms with Gasteiger partial charge in [-0.05, 0) is 30.7 Å². The predicted octanol–water partition coefficient (Wildman–Crippen LogP) is 4.40. The molecule has 1 aromatic carbocycles. The van der Waals surface area contributed by atoms with Crippen molar-refractivity contribution in [1.82, 2.24) is 10.1 Å². The zero-order chi connectivity index (χ0) is 15.0. The van der Waals surface area contributed by atoms with Crippen LogP contribution in [0.4, 0.5) is 9.39 Å². The van der Waals surface area contributed by atoms with E-state index >= 15 is 0 Å². The molecule has 3 rings (SSSR count). The Morgan fingerprint density at radius 2 is 2.19 bits per heavy atom. The Balaban J connectivity index is 1.99. The Kier molecular flexibility index (Phi) is 3.65. The highest BCUT2D eigenvalue weighted by Gasteiger charge is 2.16. The first kappa shape index (κ1) is 14.0. The third-order valence-electron chi connectivity index (χ3n) is 2.99. The lowest BCUT2D eigenvalue weighted by atomic mass is 10.2. The number of nitrogens with two attached hydrogens (primary N) is 1. The minimum Gasteiger partial charge on any atom is -0.390 e. The van der Waals surface area contributed by atoms with E-state index in [1.165, 1.54) is 23.5 Å². The highest BCUT2D eigenvalue weighted by Crippen LogP contribution is 2.34. The molecule has 0 fully saturated rings. The van der Waals surface area contributed by atoms with E-state index in [0.29, 0.717) is 22.3 Å². The van der Waals surface area contributed by atoms with E-state index in [9.17, 15) is 4.39 Å². The molecule has 2 heterocycles. The summed E-state index contributed by atoms with van der Waals surface area (Å²) in [6.07, 6.45) is 0.892. The predicted molar refractivity (Wildman–Crippen MR) is 81.8 cm³/mol. The van der Waals surface area contributed by atoms with Crippen LogP contribution in [0.5, 0.6) is 0 Å². The molecular formula is C14H11ClFN3OS. The summed E-state index contributed by atoms with van der Waals surface area (Å²) in [5.74, 6) is 0.202. The molecule has 0 aliphatic heterocycles. The molecule has 7 heteroatoms. The van der Waals surface area contributed by atoms with Crippen LogP contribution in [0.15, 0.2) is 28.8 Å². The number of aryl methyl sites for hydroxylation is 1. The normalized spacial score (nSPS) is 11.0. The first-order valence-electron chi connectivity index (χ1n) is 6.26. The van der Waals surface area contributed by atoms with Crippen LogP contribution in [0.25, 0.3) is 22.8 Å². The van der Waals surface area contributed by atoms with Crippen LogP contribution in [-0.4, -0.2) is 10.1 Å². The van der Waals surface area contributed by atoms with Crippen molar-refractivity contribution < 1.29 is 8.91 Å². The summed E-state index contributed by atoms with van der Waals surface area (Å²) in [6.45, 7) is 2.05. The Hall–Kier alpha value is -1.92. The van der Waals surface area contributed by atoms with Crippen LogP contribution in [-0.2, 0) is 6.42 Å². The molecule has 2 N–H and O–H groups in total. The third kappa shape index (κ3) is 2.64. The first-order chi connectivity index (χ1) is 10.1. The number of rotatable bonds is 3. The minimum atomic E-state index is -0.487. The van der Waals surface area contributed by atoms with Gasteiger partial charge in [0.15, 0.2) is 0 Å². The lowest BCUT2D eigenvalue weighted by Gasteiger charge is -1.96. The van der Waals surface area contributed by atoms with Gasteiger partial charge < -0.3 is 10.3 Å². The van der Waals surface area contributed by atoms with E-state index in [-0.39, 0.29) is 5.02 Å². The molecule has 0 bridgehead atoms. The van der Waals surface area contributed by atoms with Crippen molar-refractivity contribution in [3.8, 4) is 22.8 Å². The number of nitrogen functional groups attached to an aromatic ring is 1. The molecule has 0 amide bonds. The maximum absolute atomic E-state index is 13.2. The number of aromatic nitrogens is 2. The number of anilines is 1. The van der Waals surface area contributed by atoms with E-state index in [2.05, 4.69) is 17.1 Å². The molecule has 0 aliphatic carbocycles. The van der Waals surface area contributed by atoms with Gasteiger partial charge in [-0.3, -0.25) is 0 Å². The monoisotopic (exact) mass is 323 g/mol. The van der Waals surface area contributed by atoms with Gasteiger partial charge >= 0.3 is 0 Å². The highest BCUT2D eigenvalue weighted by molar-refractivity contribution is 7.16. The summed E-state index contributed by atoms with van der Waals surface area (Å²) in [4.78, 5) is 5.44. The molecule has 3 aromatic rings. The Morgan fingerprint density at radius 3 is 2.86 bits per heavy atom. The Labute approximate surface area is 129 Å². The van der Waals surface area contributed by atoms with Gasteiger partial charge in [0.05, 0.1) is 15.6 Å². The van der Waals surface area contributed by atoms with E-state index in [1.807, 2.05) is 6.07 Å². The molecule has 108 valence electrons. The van der Waals surface area contributed by atoms with Crippen LogP contribution in [0.3, 0.4) is 0 Å². The Bertz CT molecular complexity index is 799. The molecule has 0 unspecified atom stereocenters. The molecule has 0 spiro atoms. The van der Waals surface area contributed by atoms with Gasteiger partial charge in [-0.2, -0.15) is 4.98 Å². The van der Waals surface area contributed by atoms with E-state index in [4.69, 9.17) is 21.9 Å². The summed E-state index contributed by atoms with van der Waals surface area (Å²) < 4.78 is 18.4. The van der Waals surface area contributed by atoms with Crippen LogP contribution in [0.2, 0.25) is 5.02 Å². The van der Waals surface area contributed by atoms with E-state index in [1.54, 1.807) is 6.07 Å². The van der Waals surface area contributed by atoms with Crippen molar-refractivity contribution in [1.29, 1.82) is 0 Å². The van der Waals surface area contributed by atoms with Gasteiger partial charge in [-0.1, -0.05) is 23.7 Å². The molecule has 21 heavy (non-hydrogen) atoms. The maximum Gasteiger partial charge on any atom is 0.261 e. The SMILES string of the molecule is CCc1cc(-c2nc(-c3ccc(F)c(Cl)c3)no2)c(N)s1. The van der Waals surface area contributed by atoms with Crippen molar-refractivity contribution in [2.45, 2.75) is 13.3 Å². The fourth-order valence-electron chi connectivity index (χ4n) is 1.88. The average Bonchev–Trinajstić information content (AvgIpc) is 3.08. The van der Waals surface area contributed by atoms with Gasteiger partial charge in [0, 0.05) is 10.4 Å². The molecule has 4 nitrogen and oxygen atoms in total. The first-order valence-corrected chi connectivity index (χ1v) is 7.45. The van der Waals surface area contributed by atoms with Gasteiger partial charge in [-0.25, -0.2) is 4.39 Å². The third-order valence-corrected chi connectivity index (χ3v) is 4.39. The molecule has 0 atom stereocenters. The largest absolute Gasteiger partial charge is 0.390 e. The zero-order valence-electron chi connectivity index (χ0n) is 11.1. The second-order valence-electron chi connectivity index (χ2n) is 4.40. The van der Waals surface area contributed by atoms with Crippen molar-refractivity contribution in [3.63, 3.8) is 0 Å². The number of nitrogens with zero attached hydrogens (tertiary/aromatic N) is 2. The standard InChI is InChI=1S/C14H11ClFN3OS/c1-2-8-6-9(12(17)21-8)14-18-13(19-20-14)7-3-4-11(16)10(15)5-7/h3-6H,2,17H2,1H3. The smallest absolute Gasteiger partial charge is 0.261 e. The van der Waals surface area contributed by atoms with E-state index in [0.717, 1.165) is 16.9 Å². The molecule has 2 aromatic heterocycles. The molecule has 0 aliphatic rings. The van der Waals surface area contributed by atoms with Crippen LogP contribution in [0.1, 0.15) is 11.8 Å². The quantitative estimate of drug-likeness (QED) is 0.775. The molecule has 0 saturated heterocycles. The van der Waals surface area contributed by atoms with Gasteiger partial charge in [0.25, 0.3) is 5.89 Å². The summed E-state index contributed by atoms with van der Waals surface area (Å²) in [5, 5.41) is 4.55. The number of hydrogen-bond acceptors (Lipinski definition) is 5. The fraction of sp³-hybridized carbons (Fsp3) is 0.143. The topological polar surface area (TPSA) is 64.9 Å². The molecular weight excluding hydrogens is 313 g/mol. The number of halogens is 2. The maximum atomic E-state index is 13.2. The summed E-state index contributed by atoms with van der Waals surface area (Å²) >= 11 is 7.25. The van der Waals surface area contributed by atoms with Gasteiger partial charge in [0.2, 0.25) is 5.82 Å². The number of thiophene rings is 1. The zero-order valence-corrected chi connectivity index (χ0v) is 12.6. The minimum absolute atomic E-state index is 0.0159. The van der Waals surface area contributed by atoms with Crippen molar-refractivity contribution in [2.75, 3.05) is 5.73 Å². The molecule has 0 radical (unpaired) electrons. The molecule has 0 saturated carbocycles. The van der Waals surface area contributed by atoms with Crippen LogP contribution >= 0.6 is 22.9 Å². The lowest BCUT2D eigenvalue weighted by molar-refractivity contribution is 0.432. The number of benzene rings is 1. The van der Waals surface area contributed by atoms with Crippen LogP contribution < -0.4 is 5.73 Å². The highest BCUT2D eigenvalue weighted by atomic mass is 35.5. The second-order valence-corrected chi connectivity index (χ2v) is 5.97. The summed E-state index contributed by atoms with van der Waals surface area (Å²) in [7, 11) is 0. The lowest BCUT2D eigenvalue weighted by Crippen LogP contribution is -1.85. The van der Waals surface area contributed by atoms with Crippen LogP contribution in [0, 0.1) is 5.82 Å². The average molecular weight is 324 g/mol. The van der Waals surface area contributed by atoms with Gasteiger partial charge in [-0.15, -0.1) is 11.3 Å². The second kappa shape index (κ2) is 5.46. The van der Waals surface area contributed by atoms with E-state index < -0.39 is 5.82 Å². The van der Waals surface area contributed by atoms with Crippen molar-refractivity contribution in [3.05, 3.63) is 40.0 Å². The Morgan fingerprint density at radius 1 is 1.38 bits per heavy atom. The fourth-order valence-corrected chi connectivity index (χ4v) is 2.92.